The zero-order valence-electron chi connectivity index (χ0n) is 11.0. The second-order valence-electron chi connectivity index (χ2n) is 4.23. The van der Waals surface area contributed by atoms with Crippen molar-refractivity contribution >= 4 is 5.95 Å². The van der Waals surface area contributed by atoms with E-state index >= 15 is 0 Å². The van der Waals surface area contributed by atoms with Gasteiger partial charge >= 0.3 is 0 Å². The third-order valence-electron chi connectivity index (χ3n) is 2.64. The molecule has 0 saturated heterocycles. The summed E-state index contributed by atoms with van der Waals surface area (Å²) in [5.74, 6) is 2.30. The molecule has 0 unspecified atom stereocenters. The summed E-state index contributed by atoms with van der Waals surface area (Å²) in [4.78, 5) is 6.16. The number of H-pyrrole nitrogens is 1. The second-order valence-corrected chi connectivity index (χ2v) is 4.23. The van der Waals surface area contributed by atoms with Crippen molar-refractivity contribution < 1.29 is 4.74 Å². The third-order valence-corrected chi connectivity index (χ3v) is 2.64. The minimum Gasteiger partial charge on any atom is -0.485 e. The molecule has 18 heavy (non-hydrogen) atoms. The van der Waals surface area contributed by atoms with Crippen LogP contribution >= 0.6 is 0 Å². The Bertz CT molecular complexity index is 507. The number of para-hydroxylation sites is 1. The van der Waals surface area contributed by atoms with E-state index in [0.717, 1.165) is 18.0 Å². The molecule has 0 atom stereocenters. The predicted molar refractivity (Wildman–Crippen MR) is 70.9 cm³/mol. The van der Waals surface area contributed by atoms with Crippen molar-refractivity contribution in [2.45, 2.75) is 20.0 Å². The highest BCUT2D eigenvalue weighted by molar-refractivity contribution is 5.33. The fourth-order valence-corrected chi connectivity index (χ4v) is 1.63. The standard InChI is InChI=1S/C13H18N4O/c1-4-10-7-5-6-8-11(10)18-9-12-14-13(16-15-12)17(2)3/h5-8H,4,9H2,1-3H3,(H,14,15,16). The molecule has 2 aromatic rings. The Kier molecular flexibility index (Phi) is 3.82. The maximum Gasteiger partial charge on any atom is 0.244 e. The minimum atomic E-state index is 0.401. The van der Waals surface area contributed by atoms with Crippen LogP contribution in [0.4, 0.5) is 5.95 Å². The Morgan fingerprint density at radius 1 is 1.28 bits per heavy atom. The largest absolute Gasteiger partial charge is 0.485 e. The smallest absolute Gasteiger partial charge is 0.244 e. The van der Waals surface area contributed by atoms with Gasteiger partial charge in [-0.15, -0.1) is 5.10 Å². The lowest BCUT2D eigenvalue weighted by atomic mass is 10.1. The van der Waals surface area contributed by atoms with Crippen LogP contribution in [0.2, 0.25) is 0 Å². The molecule has 0 bridgehead atoms. The number of anilines is 1. The molecule has 0 spiro atoms. The summed E-state index contributed by atoms with van der Waals surface area (Å²) in [6.45, 7) is 2.51. The van der Waals surface area contributed by atoms with E-state index in [1.807, 2.05) is 37.2 Å². The van der Waals surface area contributed by atoms with Crippen molar-refractivity contribution in [3.05, 3.63) is 35.7 Å². The van der Waals surface area contributed by atoms with Crippen LogP contribution in [0.1, 0.15) is 18.3 Å². The van der Waals surface area contributed by atoms with Crippen LogP contribution in [0.5, 0.6) is 5.75 Å². The van der Waals surface area contributed by atoms with Gasteiger partial charge in [0, 0.05) is 14.1 Å². The maximum atomic E-state index is 5.75. The second kappa shape index (κ2) is 5.53. The SMILES string of the molecule is CCc1ccccc1OCc1nc(N(C)C)n[nH]1. The van der Waals surface area contributed by atoms with Gasteiger partial charge in [-0.2, -0.15) is 4.98 Å². The van der Waals surface area contributed by atoms with Crippen LogP contribution in [0.15, 0.2) is 24.3 Å². The van der Waals surface area contributed by atoms with E-state index in [0.29, 0.717) is 12.6 Å². The molecule has 5 heteroatoms. The fourth-order valence-electron chi connectivity index (χ4n) is 1.63. The van der Waals surface area contributed by atoms with E-state index in [2.05, 4.69) is 28.2 Å². The van der Waals surface area contributed by atoms with Crippen molar-refractivity contribution in [3.8, 4) is 5.75 Å². The van der Waals surface area contributed by atoms with Gasteiger partial charge < -0.3 is 9.64 Å². The molecule has 5 nitrogen and oxygen atoms in total. The van der Waals surface area contributed by atoms with Crippen molar-refractivity contribution in [1.82, 2.24) is 15.2 Å². The van der Waals surface area contributed by atoms with E-state index in [-0.39, 0.29) is 0 Å². The van der Waals surface area contributed by atoms with Gasteiger partial charge in [-0.25, -0.2) is 0 Å². The number of nitrogens with one attached hydrogen (secondary N) is 1. The molecule has 0 saturated carbocycles. The number of aryl methyl sites for hydroxylation is 1. The third kappa shape index (κ3) is 2.80. The van der Waals surface area contributed by atoms with E-state index < -0.39 is 0 Å². The highest BCUT2D eigenvalue weighted by Gasteiger charge is 2.06. The average Bonchev–Trinajstić information content (AvgIpc) is 2.85. The summed E-state index contributed by atoms with van der Waals surface area (Å²) in [5.41, 5.74) is 1.20. The number of ether oxygens (including phenoxy) is 1. The number of aromatic nitrogens is 3. The molecule has 96 valence electrons. The number of hydrogen-bond donors (Lipinski definition) is 1. The van der Waals surface area contributed by atoms with Crippen LogP contribution in [0.3, 0.4) is 0 Å². The van der Waals surface area contributed by atoms with E-state index in [1.54, 1.807) is 0 Å². The lowest BCUT2D eigenvalue weighted by Crippen LogP contribution is -2.10. The zero-order valence-corrected chi connectivity index (χ0v) is 11.0. The number of benzene rings is 1. The summed E-state index contributed by atoms with van der Waals surface area (Å²) in [6, 6.07) is 8.04. The molecule has 0 aliphatic heterocycles. The van der Waals surface area contributed by atoms with Gasteiger partial charge in [0.2, 0.25) is 5.95 Å². The highest BCUT2D eigenvalue weighted by Crippen LogP contribution is 2.19. The summed E-state index contributed by atoms with van der Waals surface area (Å²) in [6.07, 6.45) is 0.954. The van der Waals surface area contributed by atoms with E-state index in [4.69, 9.17) is 4.74 Å². The quantitative estimate of drug-likeness (QED) is 0.876. The molecule has 0 radical (unpaired) electrons. The molecule has 1 N–H and O–H groups in total. The molecule has 0 amide bonds. The van der Waals surface area contributed by atoms with Crippen LogP contribution < -0.4 is 9.64 Å². The molecule has 1 aromatic carbocycles. The Morgan fingerprint density at radius 2 is 2.06 bits per heavy atom. The highest BCUT2D eigenvalue weighted by atomic mass is 16.5. The Hall–Kier alpha value is -2.04. The van der Waals surface area contributed by atoms with Gasteiger partial charge in [0.25, 0.3) is 0 Å². The molecular formula is C13H18N4O. The van der Waals surface area contributed by atoms with Gasteiger partial charge in [-0.3, -0.25) is 5.10 Å². The topological polar surface area (TPSA) is 54.0 Å². The maximum absolute atomic E-state index is 5.75. The molecule has 1 aromatic heterocycles. The average molecular weight is 246 g/mol. The number of aromatic amines is 1. The van der Waals surface area contributed by atoms with Crippen LogP contribution in [0, 0.1) is 0 Å². The molecule has 0 aliphatic rings. The summed E-state index contributed by atoms with van der Waals surface area (Å²) in [5, 5.41) is 6.95. The molecular weight excluding hydrogens is 228 g/mol. The van der Waals surface area contributed by atoms with Gasteiger partial charge in [-0.05, 0) is 18.1 Å². The first-order valence-electron chi connectivity index (χ1n) is 6.00. The monoisotopic (exact) mass is 246 g/mol. The first kappa shape index (κ1) is 12.4. The van der Waals surface area contributed by atoms with Crippen molar-refractivity contribution in [1.29, 1.82) is 0 Å². The molecule has 0 aliphatic carbocycles. The van der Waals surface area contributed by atoms with Crippen LogP contribution in [-0.2, 0) is 13.0 Å². The van der Waals surface area contributed by atoms with Crippen molar-refractivity contribution in [2.75, 3.05) is 19.0 Å². The van der Waals surface area contributed by atoms with Gasteiger partial charge in [0.1, 0.15) is 12.4 Å². The Labute approximate surface area is 107 Å². The lowest BCUT2D eigenvalue weighted by Gasteiger charge is -2.08. The van der Waals surface area contributed by atoms with E-state index in [9.17, 15) is 0 Å². The first-order valence-corrected chi connectivity index (χ1v) is 6.00. The fraction of sp³-hybridized carbons (Fsp3) is 0.385. The molecule has 0 fully saturated rings. The number of hydrogen-bond acceptors (Lipinski definition) is 4. The first-order chi connectivity index (χ1) is 8.70. The lowest BCUT2D eigenvalue weighted by molar-refractivity contribution is 0.293. The van der Waals surface area contributed by atoms with Crippen LogP contribution in [-0.4, -0.2) is 29.3 Å². The van der Waals surface area contributed by atoms with Gasteiger partial charge in [0.15, 0.2) is 5.82 Å². The van der Waals surface area contributed by atoms with E-state index in [1.165, 1.54) is 5.56 Å². The molecule has 2 rings (SSSR count). The zero-order chi connectivity index (χ0) is 13.0. The summed E-state index contributed by atoms with van der Waals surface area (Å²) in [7, 11) is 3.81. The molecule has 1 heterocycles. The Balaban J connectivity index is 2.02. The van der Waals surface area contributed by atoms with Gasteiger partial charge in [-0.1, -0.05) is 25.1 Å². The van der Waals surface area contributed by atoms with Crippen molar-refractivity contribution in [3.63, 3.8) is 0 Å². The predicted octanol–water partition coefficient (Wildman–Crippen LogP) is 2.01. The van der Waals surface area contributed by atoms with Crippen molar-refractivity contribution in [2.24, 2.45) is 0 Å². The normalized spacial score (nSPS) is 10.4. The number of nitrogens with zero attached hydrogens (tertiary/aromatic N) is 3. The number of rotatable bonds is 5. The summed E-state index contributed by atoms with van der Waals surface area (Å²) >= 11 is 0. The minimum absolute atomic E-state index is 0.401. The summed E-state index contributed by atoms with van der Waals surface area (Å²) < 4.78 is 5.75. The van der Waals surface area contributed by atoms with Gasteiger partial charge in [0.05, 0.1) is 0 Å². The Morgan fingerprint density at radius 3 is 2.72 bits per heavy atom. The van der Waals surface area contributed by atoms with Crippen LogP contribution in [0.25, 0.3) is 0 Å².